The minimum atomic E-state index is -2.02. The topological polar surface area (TPSA) is 317 Å². The Hall–Kier alpha value is -3.87. The zero-order chi connectivity index (χ0) is 39.3. The Bertz CT molecular complexity index is 1850. The van der Waals surface area contributed by atoms with Crippen molar-refractivity contribution in [3.05, 3.63) is 40.6 Å². The molecule has 2 aromatic carbocycles. The molecule has 20 heteroatoms. The molecular weight excluding hydrogens is 728 g/mol. The van der Waals surface area contributed by atoms with Gasteiger partial charge in [-0.3, -0.25) is 4.79 Å². The summed E-state index contributed by atoms with van der Waals surface area (Å²) in [4.78, 5) is 14.2. The van der Waals surface area contributed by atoms with Crippen molar-refractivity contribution in [1.29, 1.82) is 0 Å². The van der Waals surface area contributed by atoms with E-state index in [0.29, 0.717) is 0 Å². The fourth-order valence-electron chi connectivity index (χ4n) is 6.40. The van der Waals surface area contributed by atoms with E-state index < -0.39 is 127 Å². The second-order valence-corrected chi connectivity index (χ2v) is 13.3. The molecule has 0 radical (unpaired) electrons. The van der Waals surface area contributed by atoms with Crippen LogP contribution in [0, 0.1) is 0 Å². The van der Waals surface area contributed by atoms with E-state index in [2.05, 4.69) is 0 Å². The molecule has 3 fully saturated rings. The summed E-state index contributed by atoms with van der Waals surface area (Å²) >= 11 is 0. The van der Waals surface area contributed by atoms with Gasteiger partial charge in [-0.2, -0.15) is 0 Å². The Morgan fingerprint density at radius 1 is 0.685 bits per heavy atom. The van der Waals surface area contributed by atoms with E-state index in [1.807, 2.05) is 0 Å². The fourth-order valence-corrected chi connectivity index (χ4v) is 6.40. The van der Waals surface area contributed by atoms with E-state index in [1.54, 1.807) is 0 Å². The largest absolute Gasteiger partial charge is 0.508 e. The van der Waals surface area contributed by atoms with E-state index in [1.165, 1.54) is 39.2 Å². The first-order chi connectivity index (χ1) is 25.5. The maximum Gasteiger partial charge on any atom is 0.239 e. The number of hydrogen-bond donors (Lipinski definition) is 11. The predicted molar refractivity (Wildman–Crippen MR) is 176 cm³/mol. The van der Waals surface area contributed by atoms with E-state index in [9.17, 15) is 61.0 Å². The van der Waals surface area contributed by atoms with Crippen LogP contribution in [0.25, 0.3) is 22.3 Å². The number of phenols is 3. The second kappa shape index (κ2) is 15.7. The van der Waals surface area contributed by atoms with Gasteiger partial charge in [0, 0.05) is 17.7 Å². The first kappa shape index (κ1) is 39.8. The lowest BCUT2D eigenvalue weighted by molar-refractivity contribution is -0.360. The molecule has 15 atom stereocenters. The van der Waals surface area contributed by atoms with Gasteiger partial charge in [-0.15, -0.1) is 0 Å². The lowest BCUT2D eigenvalue weighted by Gasteiger charge is -2.46. The Morgan fingerprint density at radius 3 is 1.96 bits per heavy atom. The fraction of sp³-hybridized carbons (Fsp3) is 0.559. The quantitative estimate of drug-likeness (QED) is 0.107. The van der Waals surface area contributed by atoms with Crippen molar-refractivity contribution in [3.8, 4) is 40.1 Å². The molecule has 0 amide bonds. The number of phenolic OH excluding ortho intramolecular Hbond substituents is 3. The molecular formula is C34H42O20. The van der Waals surface area contributed by atoms with Gasteiger partial charge in [0.15, 0.2) is 35.9 Å². The number of fused-ring (bicyclic) bond motifs is 1. The van der Waals surface area contributed by atoms with Crippen molar-refractivity contribution < 1.29 is 93.7 Å². The van der Waals surface area contributed by atoms with Crippen LogP contribution in [-0.4, -0.2) is 162 Å². The van der Waals surface area contributed by atoms with Gasteiger partial charge in [0.05, 0.1) is 25.9 Å². The number of aliphatic hydroxyl groups excluding tert-OH is 8. The van der Waals surface area contributed by atoms with Crippen molar-refractivity contribution >= 4 is 11.0 Å². The van der Waals surface area contributed by atoms with Crippen LogP contribution >= 0.6 is 0 Å². The summed E-state index contributed by atoms with van der Waals surface area (Å²) in [7, 11) is 1.26. The van der Waals surface area contributed by atoms with Crippen molar-refractivity contribution in [2.75, 3.05) is 13.7 Å². The summed E-state index contributed by atoms with van der Waals surface area (Å²) in [5.41, 5.74) is -1.31. The average molecular weight is 771 g/mol. The van der Waals surface area contributed by atoms with Crippen LogP contribution in [0.4, 0.5) is 0 Å². The second-order valence-electron chi connectivity index (χ2n) is 13.3. The highest BCUT2D eigenvalue weighted by Crippen LogP contribution is 2.40. The highest BCUT2D eigenvalue weighted by Gasteiger charge is 2.52. The van der Waals surface area contributed by atoms with Crippen LogP contribution < -0.4 is 14.9 Å². The molecule has 3 saturated heterocycles. The van der Waals surface area contributed by atoms with Crippen LogP contribution in [0.1, 0.15) is 13.8 Å². The molecule has 0 spiro atoms. The maximum absolute atomic E-state index is 14.2. The van der Waals surface area contributed by atoms with Crippen LogP contribution in [0.5, 0.6) is 28.7 Å². The van der Waals surface area contributed by atoms with Crippen molar-refractivity contribution in [2.45, 2.75) is 106 Å². The molecule has 3 aromatic rings. The van der Waals surface area contributed by atoms with Crippen molar-refractivity contribution in [2.24, 2.45) is 0 Å². The number of hydrogen-bond acceptors (Lipinski definition) is 20. The van der Waals surface area contributed by atoms with E-state index in [-0.39, 0.29) is 28.4 Å². The summed E-state index contributed by atoms with van der Waals surface area (Å²) in [6, 6.07) is 5.69. The Kier molecular flexibility index (Phi) is 11.6. The molecule has 3 aliphatic rings. The molecule has 0 unspecified atom stereocenters. The molecule has 11 N–H and O–H groups in total. The first-order valence-corrected chi connectivity index (χ1v) is 16.8. The first-order valence-electron chi connectivity index (χ1n) is 16.8. The standard InChI is InChI=1S/C34H42O20/c1-10-20(38)24(42)27(45)32(49-10)48-9-18-22(40)26(44)31(54-33-28(46)25(43)21(39)11(2)50-33)34(52-18)53-30-23(41)19-15(37)7-13(35)8-17(19)51-29(30)12-4-5-14(36)16(6-12)47-3/h4-8,10-11,18,20-22,24-28,31-40,42-46H,9H2,1-3H3/t10-,11-,18-,20-,21-,22+,24+,25+,26+,27+,28+,31-,32+,33-,34+/m0/s1. The van der Waals surface area contributed by atoms with Gasteiger partial charge in [0.2, 0.25) is 17.5 Å². The number of benzene rings is 2. The lowest BCUT2D eigenvalue weighted by atomic mass is 9.97. The predicted octanol–water partition coefficient (Wildman–Crippen LogP) is -2.53. The smallest absolute Gasteiger partial charge is 0.239 e. The van der Waals surface area contributed by atoms with Crippen molar-refractivity contribution in [3.63, 3.8) is 0 Å². The van der Waals surface area contributed by atoms with Gasteiger partial charge in [-0.1, -0.05) is 0 Å². The van der Waals surface area contributed by atoms with E-state index >= 15 is 0 Å². The van der Waals surface area contributed by atoms with E-state index in [0.717, 1.165) is 12.1 Å². The third-order valence-corrected chi connectivity index (χ3v) is 9.57. The molecule has 1 aromatic heterocycles. The Balaban J connectivity index is 1.41. The van der Waals surface area contributed by atoms with Crippen molar-refractivity contribution in [1.82, 2.24) is 0 Å². The molecule has 6 rings (SSSR count). The Labute approximate surface area is 305 Å². The zero-order valence-electron chi connectivity index (χ0n) is 28.8. The van der Waals surface area contributed by atoms with Gasteiger partial charge < -0.3 is 93.7 Å². The molecule has 0 bridgehead atoms. The van der Waals surface area contributed by atoms with Crippen LogP contribution in [0.2, 0.25) is 0 Å². The molecule has 54 heavy (non-hydrogen) atoms. The van der Waals surface area contributed by atoms with Gasteiger partial charge in [0.1, 0.15) is 77.4 Å². The lowest BCUT2D eigenvalue weighted by Crippen LogP contribution is -2.65. The molecule has 0 aliphatic carbocycles. The summed E-state index contributed by atoms with van der Waals surface area (Å²) in [6.45, 7) is 2.09. The summed E-state index contributed by atoms with van der Waals surface area (Å²) < 4.78 is 45.6. The minimum absolute atomic E-state index is 0.0468. The third kappa shape index (κ3) is 7.41. The average Bonchev–Trinajstić information content (AvgIpc) is 3.13. The summed E-state index contributed by atoms with van der Waals surface area (Å²) in [5, 5.41) is 115. The molecule has 298 valence electrons. The van der Waals surface area contributed by atoms with Crippen LogP contribution in [0.15, 0.2) is 39.5 Å². The third-order valence-electron chi connectivity index (χ3n) is 9.57. The SMILES string of the molecule is COc1cc(-c2oc3cc(O)cc(O)c3c(=O)c2O[C@H]2O[C@@H](CO[C@@H]3O[C@@H](C)[C@H](O)[C@@H](O)[C@H]3O)[C@@H](O)[C@@H](O)[C@@H]2O[C@@H]2O[C@@H](C)[C@H](O)[C@@H](O)[C@H]2O)ccc1O. The molecule has 3 aliphatic heterocycles. The molecule has 0 saturated carbocycles. The van der Waals surface area contributed by atoms with Crippen LogP contribution in [-0.2, 0) is 23.7 Å². The maximum atomic E-state index is 14.2. The number of ether oxygens (including phenoxy) is 7. The van der Waals surface area contributed by atoms with Gasteiger partial charge in [-0.05, 0) is 32.0 Å². The zero-order valence-corrected chi connectivity index (χ0v) is 28.8. The Morgan fingerprint density at radius 2 is 1.31 bits per heavy atom. The molecule has 20 nitrogen and oxygen atoms in total. The summed E-state index contributed by atoms with van der Waals surface area (Å²) in [6.07, 6.45) is -24.9. The monoisotopic (exact) mass is 770 g/mol. The number of aliphatic hydroxyl groups is 8. The van der Waals surface area contributed by atoms with Gasteiger partial charge in [-0.25, -0.2) is 0 Å². The van der Waals surface area contributed by atoms with Gasteiger partial charge >= 0.3 is 0 Å². The number of aromatic hydroxyl groups is 3. The highest BCUT2D eigenvalue weighted by atomic mass is 16.8. The normalized spacial score (nSPS) is 37.3. The highest BCUT2D eigenvalue weighted by molar-refractivity contribution is 5.88. The number of rotatable bonds is 9. The minimum Gasteiger partial charge on any atom is -0.508 e. The molecule has 4 heterocycles. The van der Waals surface area contributed by atoms with Gasteiger partial charge in [0.25, 0.3) is 0 Å². The summed E-state index contributed by atoms with van der Waals surface area (Å²) in [5.74, 6) is -2.63. The van der Waals surface area contributed by atoms with E-state index in [4.69, 9.17) is 37.6 Å². The van der Waals surface area contributed by atoms with Crippen LogP contribution in [0.3, 0.4) is 0 Å². The number of methoxy groups -OCH3 is 1.